The smallest absolute Gasteiger partial charge is 0.0435 e. The molecule has 2 rings (SSSR count). The average molecular weight is 224 g/mol. The van der Waals surface area contributed by atoms with E-state index in [-0.39, 0.29) is 5.54 Å². The van der Waals surface area contributed by atoms with Crippen LogP contribution >= 0.6 is 0 Å². The molecule has 2 atom stereocenters. The molecular weight excluding hydrogens is 196 g/mol. The van der Waals surface area contributed by atoms with E-state index in [4.69, 9.17) is 5.73 Å². The van der Waals surface area contributed by atoms with Gasteiger partial charge in [-0.25, -0.2) is 0 Å². The maximum Gasteiger partial charge on any atom is 0.0435 e. The molecule has 1 heterocycles. The van der Waals surface area contributed by atoms with Crippen molar-refractivity contribution in [1.82, 2.24) is 4.90 Å². The molecule has 0 bridgehead atoms. The minimum atomic E-state index is 0.110. The normalized spacial score (nSPS) is 35.1. The molecule has 2 heteroatoms. The summed E-state index contributed by atoms with van der Waals surface area (Å²) in [7, 11) is 0. The van der Waals surface area contributed by atoms with E-state index < -0.39 is 0 Å². The molecule has 2 aliphatic rings. The van der Waals surface area contributed by atoms with E-state index >= 15 is 0 Å². The van der Waals surface area contributed by atoms with Gasteiger partial charge in [-0.1, -0.05) is 40.0 Å². The third-order valence-electron chi connectivity index (χ3n) is 4.99. The summed E-state index contributed by atoms with van der Waals surface area (Å²) >= 11 is 0. The SMILES string of the molecule is CCC1CCCC(N2CC(N)(C(C)C)C2)C1. The maximum atomic E-state index is 6.37. The molecule has 1 saturated heterocycles. The molecule has 2 unspecified atom stereocenters. The molecule has 2 nitrogen and oxygen atoms in total. The van der Waals surface area contributed by atoms with Crippen LogP contribution in [0.15, 0.2) is 0 Å². The summed E-state index contributed by atoms with van der Waals surface area (Å²) in [4.78, 5) is 2.64. The van der Waals surface area contributed by atoms with Crippen molar-refractivity contribution in [2.24, 2.45) is 17.6 Å². The van der Waals surface area contributed by atoms with Crippen molar-refractivity contribution < 1.29 is 0 Å². The monoisotopic (exact) mass is 224 g/mol. The minimum absolute atomic E-state index is 0.110. The lowest BCUT2D eigenvalue weighted by molar-refractivity contribution is -0.0167. The first-order valence-electron chi connectivity index (χ1n) is 7.08. The fraction of sp³-hybridized carbons (Fsp3) is 1.00. The quantitative estimate of drug-likeness (QED) is 0.798. The Hall–Kier alpha value is -0.0800. The van der Waals surface area contributed by atoms with Crippen LogP contribution in [0.2, 0.25) is 0 Å². The third kappa shape index (κ3) is 2.28. The fourth-order valence-corrected chi connectivity index (χ4v) is 3.30. The summed E-state index contributed by atoms with van der Waals surface area (Å²) in [6, 6.07) is 0.842. The van der Waals surface area contributed by atoms with Gasteiger partial charge in [0.15, 0.2) is 0 Å². The van der Waals surface area contributed by atoms with Crippen LogP contribution < -0.4 is 5.73 Å². The van der Waals surface area contributed by atoms with Crippen LogP contribution in [0.1, 0.15) is 52.9 Å². The van der Waals surface area contributed by atoms with E-state index in [1.165, 1.54) is 32.1 Å². The largest absolute Gasteiger partial charge is 0.323 e. The van der Waals surface area contributed by atoms with Gasteiger partial charge in [-0.05, 0) is 24.7 Å². The van der Waals surface area contributed by atoms with Gasteiger partial charge in [0.2, 0.25) is 0 Å². The van der Waals surface area contributed by atoms with Crippen LogP contribution in [0, 0.1) is 11.8 Å². The summed E-state index contributed by atoms with van der Waals surface area (Å²) in [6.45, 7) is 9.11. The van der Waals surface area contributed by atoms with Crippen LogP contribution in [0.3, 0.4) is 0 Å². The van der Waals surface area contributed by atoms with Crippen LogP contribution in [0.4, 0.5) is 0 Å². The predicted molar refractivity (Wildman–Crippen MR) is 69.4 cm³/mol. The number of nitrogens with zero attached hydrogens (tertiary/aromatic N) is 1. The third-order valence-corrected chi connectivity index (χ3v) is 4.99. The zero-order valence-electron chi connectivity index (χ0n) is 11.2. The highest BCUT2D eigenvalue weighted by Gasteiger charge is 2.45. The summed E-state index contributed by atoms with van der Waals surface area (Å²) in [5.74, 6) is 1.60. The van der Waals surface area contributed by atoms with Gasteiger partial charge in [0.25, 0.3) is 0 Å². The lowest BCUT2D eigenvalue weighted by atomic mass is 9.76. The summed E-state index contributed by atoms with van der Waals surface area (Å²) in [5.41, 5.74) is 6.48. The highest BCUT2D eigenvalue weighted by atomic mass is 15.3. The Labute approximate surface area is 101 Å². The zero-order valence-corrected chi connectivity index (χ0v) is 11.2. The van der Waals surface area contributed by atoms with E-state index in [9.17, 15) is 0 Å². The Morgan fingerprint density at radius 2 is 2.00 bits per heavy atom. The molecule has 0 radical (unpaired) electrons. The molecule has 16 heavy (non-hydrogen) atoms. The number of likely N-dealkylation sites (tertiary alicyclic amines) is 1. The van der Waals surface area contributed by atoms with Gasteiger partial charge in [-0.3, -0.25) is 4.90 Å². The van der Waals surface area contributed by atoms with E-state index in [2.05, 4.69) is 25.7 Å². The Bertz CT molecular complexity index is 231. The average Bonchev–Trinajstić information content (AvgIpc) is 2.24. The van der Waals surface area contributed by atoms with Crippen molar-refractivity contribution in [3.63, 3.8) is 0 Å². The van der Waals surface area contributed by atoms with Crippen LogP contribution in [0.5, 0.6) is 0 Å². The first-order chi connectivity index (χ1) is 7.55. The summed E-state index contributed by atoms with van der Waals surface area (Å²) in [5, 5.41) is 0. The molecule has 0 aromatic carbocycles. The number of hydrogen-bond acceptors (Lipinski definition) is 2. The first-order valence-corrected chi connectivity index (χ1v) is 7.08. The van der Waals surface area contributed by atoms with E-state index in [1.807, 2.05) is 0 Å². The second kappa shape index (κ2) is 4.66. The molecule has 0 amide bonds. The van der Waals surface area contributed by atoms with Crippen molar-refractivity contribution in [2.45, 2.75) is 64.5 Å². The lowest BCUT2D eigenvalue weighted by Crippen LogP contribution is -2.72. The van der Waals surface area contributed by atoms with Gasteiger partial charge in [-0.15, -0.1) is 0 Å². The summed E-state index contributed by atoms with van der Waals surface area (Å²) < 4.78 is 0. The Morgan fingerprint density at radius 3 is 2.56 bits per heavy atom. The first kappa shape index (κ1) is 12.4. The molecule has 1 aliphatic heterocycles. The second-order valence-electron chi connectivity index (χ2n) is 6.39. The van der Waals surface area contributed by atoms with Gasteiger partial charge in [0.05, 0.1) is 0 Å². The van der Waals surface area contributed by atoms with Gasteiger partial charge in [0.1, 0.15) is 0 Å². The topological polar surface area (TPSA) is 29.3 Å². The predicted octanol–water partition coefficient (Wildman–Crippen LogP) is 2.62. The van der Waals surface area contributed by atoms with Gasteiger partial charge < -0.3 is 5.73 Å². The van der Waals surface area contributed by atoms with Crippen LogP contribution in [-0.2, 0) is 0 Å². The van der Waals surface area contributed by atoms with Crippen molar-refractivity contribution in [3.8, 4) is 0 Å². The fourth-order valence-electron chi connectivity index (χ4n) is 3.30. The van der Waals surface area contributed by atoms with Gasteiger partial charge in [-0.2, -0.15) is 0 Å². The highest BCUT2D eigenvalue weighted by Crippen LogP contribution is 2.35. The molecule has 2 fully saturated rings. The van der Waals surface area contributed by atoms with Crippen molar-refractivity contribution in [2.75, 3.05) is 13.1 Å². The molecular formula is C14H28N2. The molecule has 94 valence electrons. The molecule has 0 aromatic heterocycles. The Kier molecular flexibility index (Phi) is 3.60. The van der Waals surface area contributed by atoms with E-state index in [0.29, 0.717) is 5.92 Å². The standard InChI is InChI=1S/C14H28N2/c1-4-12-6-5-7-13(8-12)16-9-14(15,10-16)11(2)3/h11-13H,4-10,15H2,1-3H3. The van der Waals surface area contributed by atoms with E-state index in [0.717, 1.165) is 25.0 Å². The van der Waals surface area contributed by atoms with Crippen LogP contribution in [0.25, 0.3) is 0 Å². The Morgan fingerprint density at radius 1 is 1.31 bits per heavy atom. The maximum absolute atomic E-state index is 6.37. The molecule has 0 spiro atoms. The van der Waals surface area contributed by atoms with Crippen molar-refractivity contribution >= 4 is 0 Å². The highest BCUT2D eigenvalue weighted by molar-refractivity contribution is 5.04. The second-order valence-corrected chi connectivity index (χ2v) is 6.39. The van der Waals surface area contributed by atoms with Crippen LogP contribution in [-0.4, -0.2) is 29.6 Å². The molecule has 0 aromatic rings. The molecule has 1 saturated carbocycles. The Balaban J connectivity index is 1.83. The van der Waals surface area contributed by atoms with Crippen molar-refractivity contribution in [3.05, 3.63) is 0 Å². The minimum Gasteiger partial charge on any atom is -0.323 e. The lowest BCUT2D eigenvalue weighted by Gasteiger charge is -2.55. The molecule has 1 aliphatic carbocycles. The van der Waals surface area contributed by atoms with Gasteiger partial charge >= 0.3 is 0 Å². The summed E-state index contributed by atoms with van der Waals surface area (Å²) in [6.07, 6.45) is 7.08. The van der Waals surface area contributed by atoms with E-state index in [1.54, 1.807) is 0 Å². The van der Waals surface area contributed by atoms with Gasteiger partial charge in [0, 0.05) is 24.7 Å². The number of rotatable bonds is 3. The zero-order chi connectivity index (χ0) is 11.8. The molecule has 2 N–H and O–H groups in total. The number of hydrogen-bond donors (Lipinski definition) is 1. The number of nitrogens with two attached hydrogens (primary N) is 1. The van der Waals surface area contributed by atoms with Crippen molar-refractivity contribution in [1.29, 1.82) is 0 Å².